The van der Waals surface area contributed by atoms with Crippen molar-refractivity contribution in [1.29, 1.82) is 0 Å². The van der Waals surface area contributed by atoms with Gasteiger partial charge >= 0.3 is 0 Å². The van der Waals surface area contributed by atoms with Crippen molar-refractivity contribution in [2.24, 2.45) is 5.92 Å². The Labute approximate surface area is 124 Å². The Hall–Kier alpha value is -1.66. The zero-order valence-electron chi connectivity index (χ0n) is 12.3. The number of likely N-dealkylation sites (tertiary alicyclic amines) is 1. The molecule has 1 atom stereocenters. The molecule has 1 saturated heterocycles. The molecule has 3 N–H and O–H groups in total. The van der Waals surface area contributed by atoms with E-state index in [1.54, 1.807) is 6.33 Å². The summed E-state index contributed by atoms with van der Waals surface area (Å²) in [5.41, 5.74) is 0.870. The molecule has 0 saturated carbocycles. The summed E-state index contributed by atoms with van der Waals surface area (Å²) >= 11 is 0. The third-order valence-corrected chi connectivity index (χ3v) is 4.16. The summed E-state index contributed by atoms with van der Waals surface area (Å²) in [5, 5.41) is 13.7. The van der Waals surface area contributed by atoms with Crippen molar-refractivity contribution in [3.8, 4) is 0 Å². The van der Waals surface area contributed by atoms with E-state index in [1.807, 2.05) is 12.3 Å². The SMILES string of the molecule is OC[C@H]1CCCN(CCCNc2ncnc3[nH]ccc23)C1. The topological polar surface area (TPSA) is 77.1 Å². The molecule has 2 aromatic rings. The van der Waals surface area contributed by atoms with Crippen molar-refractivity contribution in [3.05, 3.63) is 18.6 Å². The van der Waals surface area contributed by atoms with Crippen LogP contribution in [0, 0.1) is 5.92 Å². The van der Waals surface area contributed by atoms with E-state index in [-0.39, 0.29) is 0 Å². The molecule has 0 unspecified atom stereocenters. The van der Waals surface area contributed by atoms with Crippen molar-refractivity contribution in [1.82, 2.24) is 19.9 Å². The standard InChI is InChI=1S/C15H23N5O/c21-10-12-3-1-7-20(9-12)8-2-5-16-14-13-4-6-17-15(13)19-11-18-14/h4,6,11-12,21H,1-3,5,7-10H2,(H2,16,17,18,19)/t12-/m0/s1. The lowest BCUT2D eigenvalue weighted by Crippen LogP contribution is -2.37. The first kappa shape index (κ1) is 14.3. The van der Waals surface area contributed by atoms with Crippen LogP contribution in [-0.2, 0) is 0 Å². The van der Waals surface area contributed by atoms with Crippen LogP contribution in [0.4, 0.5) is 5.82 Å². The number of nitrogens with zero attached hydrogens (tertiary/aromatic N) is 3. The molecule has 1 aliphatic rings. The van der Waals surface area contributed by atoms with Crippen LogP contribution in [0.5, 0.6) is 0 Å². The second-order valence-electron chi connectivity index (χ2n) is 5.73. The fourth-order valence-corrected chi connectivity index (χ4v) is 3.03. The number of hydrogen-bond donors (Lipinski definition) is 3. The first-order valence-electron chi connectivity index (χ1n) is 7.72. The molecule has 21 heavy (non-hydrogen) atoms. The maximum atomic E-state index is 9.25. The molecule has 0 aliphatic carbocycles. The van der Waals surface area contributed by atoms with Gasteiger partial charge < -0.3 is 20.3 Å². The predicted octanol–water partition coefficient (Wildman–Crippen LogP) is 1.46. The van der Waals surface area contributed by atoms with Crippen LogP contribution in [0.1, 0.15) is 19.3 Å². The van der Waals surface area contributed by atoms with Crippen LogP contribution in [0.3, 0.4) is 0 Å². The Bertz CT molecular complexity index is 570. The fourth-order valence-electron chi connectivity index (χ4n) is 3.03. The van der Waals surface area contributed by atoms with Gasteiger partial charge in [-0.2, -0.15) is 0 Å². The summed E-state index contributed by atoms with van der Waals surface area (Å²) in [6, 6.07) is 1.99. The number of aromatic nitrogens is 3. The van der Waals surface area contributed by atoms with Gasteiger partial charge in [0.15, 0.2) is 0 Å². The van der Waals surface area contributed by atoms with E-state index in [0.29, 0.717) is 12.5 Å². The van der Waals surface area contributed by atoms with E-state index in [1.165, 1.54) is 6.42 Å². The van der Waals surface area contributed by atoms with Crippen molar-refractivity contribution in [2.75, 3.05) is 38.1 Å². The monoisotopic (exact) mass is 289 g/mol. The van der Waals surface area contributed by atoms with Gasteiger partial charge in [-0.3, -0.25) is 0 Å². The van der Waals surface area contributed by atoms with Crippen LogP contribution in [-0.4, -0.2) is 57.7 Å². The number of aliphatic hydroxyl groups excluding tert-OH is 1. The lowest BCUT2D eigenvalue weighted by atomic mass is 9.99. The highest BCUT2D eigenvalue weighted by molar-refractivity contribution is 5.86. The first-order valence-corrected chi connectivity index (χ1v) is 7.72. The smallest absolute Gasteiger partial charge is 0.142 e. The van der Waals surface area contributed by atoms with E-state index < -0.39 is 0 Å². The second kappa shape index (κ2) is 6.87. The molecule has 1 aliphatic heterocycles. The molecule has 0 bridgehead atoms. The number of hydrogen-bond acceptors (Lipinski definition) is 5. The van der Waals surface area contributed by atoms with E-state index in [4.69, 9.17) is 0 Å². The summed E-state index contributed by atoms with van der Waals surface area (Å²) in [4.78, 5) is 14.0. The number of rotatable bonds is 6. The maximum Gasteiger partial charge on any atom is 0.142 e. The highest BCUT2D eigenvalue weighted by atomic mass is 16.3. The molecule has 0 aromatic carbocycles. The first-order chi connectivity index (χ1) is 10.4. The molecular weight excluding hydrogens is 266 g/mol. The molecule has 114 valence electrons. The van der Waals surface area contributed by atoms with Gasteiger partial charge in [0.25, 0.3) is 0 Å². The van der Waals surface area contributed by atoms with Gasteiger partial charge in [0, 0.05) is 25.9 Å². The van der Waals surface area contributed by atoms with Gasteiger partial charge in [0.1, 0.15) is 17.8 Å². The molecule has 1 fully saturated rings. The maximum absolute atomic E-state index is 9.25. The molecule has 6 heteroatoms. The lowest BCUT2D eigenvalue weighted by molar-refractivity contribution is 0.120. The zero-order valence-corrected chi connectivity index (χ0v) is 12.3. The minimum Gasteiger partial charge on any atom is -0.396 e. The molecule has 0 radical (unpaired) electrons. The quantitative estimate of drug-likeness (QED) is 0.702. The van der Waals surface area contributed by atoms with Gasteiger partial charge in [-0.15, -0.1) is 0 Å². The average Bonchev–Trinajstić information content (AvgIpc) is 3.01. The number of nitrogens with one attached hydrogen (secondary N) is 2. The molecule has 3 rings (SSSR count). The third kappa shape index (κ3) is 3.51. The second-order valence-corrected chi connectivity index (χ2v) is 5.73. The van der Waals surface area contributed by atoms with Crippen molar-refractivity contribution in [3.63, 3.8) is 0 Å². The Morgan fingerprint density at radius 1 is 1.43 bits per heavy atom. The minimum atomic E-state index is 0.321. The highest BCUT2D eigenvalue weighted by Gasteiger charge is 2.18. The summed E-state index contributed by atoms with van der Waals surface area (Å²) in [5.74, 6) is 1.36. The molecular formula is C15H23N5O. The van der Waals surface area contributed by atoms with E-state index in [9.17, 15) is 5.11 Å². The number of aromatic amines is 1. The normalized spacial score (nSPS) is 20.0. The Balaban J connectivity index is 1.45. The van der Waals surface area contributed by atoms with Gasteiger partial charge in [-0.1, -0.05) is 0 Å². The van der Waals surface area contributed by atoms with E-state index in [0.717, 1.165) is 55.9 Å². The Kier molecular flexibility index (Phi) is 4.67. The predicted molar refractivity (Wildman–Crippen MR) is 83.2 cm³/mol. The zero-order chi connectivity index (χ0) is 14.5. The Morgan fingerprint density at radius 2 is 2.38 bits per heavy atom. The van der Waals surface area contributed by atoms with E-state index in [2.05, 4.69) is 25.2 Å². The number of fused-ring (bicyclic) bond motifs is 1. The van der Waals surface area contributed by atoms with Crippen molar-refractivity contribution in [2.45, 2.75) is 19.3 Å². The summed E-state index contributed by atoms with van der Waals surface area (Å²) < 4.78 is 0. The lowest BCUT2D eigenvalue weighted by Gasteiger charge is -2.31. The van der Waals surface area contributed by atoms with Crippen LogP contribution in [0.25, 0.3) is 11.0 Å². The number of piperidine rings is 1. The molecule has 0 spiro atoms. The van der Waals surface area contributed by atoms with Crippen LogP contribution < -0.4 is 5.32 Å². The summed E-state index contributed by atoms with van der Waals surface area (Å²) in [6.07, 6.45) is 6.91. The number of H-pyrrole nitrogens is 1. The van der Waals surface area contributed by atoms with Crippen molar-refractivity contribution >= 4 is 16.9 Å². The van der Waals surface area contributed by atoms with Crippen LogP contribution in [0.2, 0.25) is 0 Å². The number of anilines is 1. The Morgan fingerprint density at radius 3 is 3.29 bits per heavy atom. The number of aliphatic hydroxyl groups is 1. The fraction of sp³-hybridized carbons (Fsp3) is 0.600. The average molecular weight is 289 g/mol. The van der Waals surface area contributed by atoms with E-state index >= 15 is 0 Å². The molecule has 6 nitrogen and oxygen atoms in total. The van der Waals surface area contributed by atoms with Crippen LogP contribution >= 0.6 is 0 Å². The van der Waals surface area contributed by atoms with Gasteiger partial charge in [-0.25, -0.2) is 9.97 Å². The molecule has 3 heterocycles. The van der Waals surface area contributed by atoms with Gasteiger partial charge in [-0.05, 0) is 44.3 Å². The molecule has 0 amide bonds. The largest absolute Gasteiger partial charge is 0.396 e. The highest BCUT2D eigenvalue weighted by Crippen LogP contribution is 2.18. The van der Waals surface area contributed by atoms with Crippen LogP contribution in [0.15, 0.2) is 18.6 Å². The van der Waals surface area contributed by atoms with Gasteiger partial charge in [0.05, 0.1) is 5.39 Å². The minimum absolute atomic E-state index is 0.321. The molecule has 2 aromatic heterocycles. The van der Waals surface area contributed by atoms with Crippen molar-refractivity contribution < 1.29 is 5.11 Å². The van der Waals surface area contributed by atoms with Gasteiger partial charge in [0.2, 0.25) is 0 Å². The summed E-state index contributed by atoms with van der Waals surface area (Å²) in [7, 11) is 0. The third-order valence-electron chi connectivity index (χ3n) is 4.16. The summed E-state index contributed by atoms with van der Waals surface area (Å²) in [6.45, 7) is 4.49.